The minimum atomic E-state index is -1.60. The van der Waals surface area contributed by atoms with E-state index in [1.54, 1.807) is 40.6 Å². The van der Waals surface area contributed by atoms with Crippen LogP contribution in [0.25, 0.3) is 11.0 Å². The van der Waals surface area contributed by atoms with Crippen LogP contribution in [0.5, 0.6) is 0 Å². The van der Waals surface area contributed by atoms with Crippen LogP contribution in [0.1, 0.15) is 12.5 Å². The van der Waals surface area contributed by atoms with Gasteiger partial charge in [0.2, 0.25) is 5.95 Å². The van der Waals surface area contributed by atoms with Crippen LogP contribution in [0.3, 0.4) is 0 Å². The Kier molecular flexibility index (Phi) is 5.77. The summed E-state index contributed by atoms with van der Waals surface area (Å²) in [6.07, 6.45) is 3.40. The molecule has 2 aromatic carbocycles. The smallest absolute Gasteiger partial charge is 0.229 e. The fraction of sp³-hybridized carbons (Fsp3) is 0.208. The van der Waals surface area contributed by atoms with E-state index in [-0.39, 0.29) is 0 Å². The van der Waals surface area contributed by atoms with Gasteiger partial charge in [-0.1, -0.05) is 12.1 Å². The molecule has 1 fully saturated rings. The second-order valence-electron chi connectivity index (χ2n) is 7.94. The highest BCUT2D eigenvalue weighted by molar-refractivity contribution is 7.83. The van der Waals surface area contributed by atoms with Gasteiger partial charge in [-0.15, -0.1) is 0 Å². The molecule has 9 heteroatoms. The van der Waals surface area contributed by atoms with Gasteiger partial charge in [0.15, 0.2) is 16.6 Å². The topological polar surface area (TPSA) is 98.9 Å². The van der Waals surface area contributed by atoms with Crippen molar-refractivity contribution in [2.45, 2.75) is 17.9 Å². The largest absolute Gasteiger partial charge is 0.369 e. The highest BCUT2D eigenvalue weighted by atomic mass is 32.2. The van der Waals surface area contributed by atoms with Crippen LogP contribution in [0.2, 0.25) is 0 Å². The fourth-order valence-corrected chi connectivity index (χ4v) is 5.14. The lowest BCUT2D eigenvalue weighted by Crippen LogP contribution is -2.49. The van der Waals surface area contributed by atoms with E-state index in [0.717, 1.165) is 30.7 Å². The van der Waals surface area contributed by atoms with Gasteiger partial charge in [0.1, 0.15) is 6.07 Å². The van der Waals surface area contributed by atoms with E-state index in [4.69, 9.17) is 0 Å². The minimum Gasteiger partial charge on any atom is -0.369 e. The molecule has 0 saturated carbocycles. The maximum Gasteiger partial charge on any atom is 0.229 e. The normalized spacial score (nSPS) is 17.0. The van der Waals surface area contributed by atoms with Crippen LogP contribution in [0.4, 0.5) is 17.3 Å². The van der Waals surface area contributed by atoms with Crippen molar-refractivity contribution in [2.75, 3.05) is 29.9 Å². The number of hydrogen-bond acceptors (Lipinski definition) is 7. The molecule has 1 aliphatic heterocycles. The number of benzene rings is 2. The van der Waals surface area contributed by atoms with Crippen molar-refractivity contribution in [3.8, 4) is 6.07 Å². The second-order valence-corrected chi connectivity index (χ2v) is 9.28. The molecule has 4 aromatic rings. The van der Waals surface area contributed by atoms with Crippen LogP contribution >= 0.6 is 0 Å². The van der Waals surface area contributed by atoms with Crippen LogP contribution in [-0.4, -0.2) is 43.8 Å². The molecule has 2 atom stereocenters. The molecule has 2 N–H and O–H groups in total. The van der Waals surface area contributed by atoms with E-state index in [9.17, 15) is 9.47 Å². The zero-order valence-electron chi connectivity index (χ0n) is 18.1. The molecule has 8 nitrogen and oxygen atoms in total. The summed E-state index contributed by atoms with van der Waals surface area (Å²) in [6.45, 7) is 5.14. The summed E-state index contributed by atoms with van der Waals surface area (Å²) in [5.41, 5.74) is 2.97. The molecular weight excluding hydrogens is 434 g/mol. The van der Waals surface area contributed by atoms with Crippen molar-refractivity contribution in [2.24, 2.45) is 0 Å². The van der Waals surface area contributed by atoms with Gasteiger partial charge in [-0.25, -0.2) is 13.2 Å². The van der Waals surface area contributed by atoms with Gasteiger partial charge < -0.3 is 15.5 Å². The van der Waals surface area contributed by atoms with Crippen LogP contribution < -0.4 is 15.5 Å². The molecule has 0 aliphatic carbocycles. The monoisotopic (exact) mass is 457 g/mol. The Morgan fingerprint density at radius 1 is 1.18 bits per heavy atom. The zero-order valence-corrected chi connectivity index (χ0v) is 18.9. The van der Waals surface area contributed by atoms with E-state index >= 15 is 0 Å². The predicted molar refractivity (Wildman–Crippen MR) is 130 cm³/mol. The Morgan fingerprint density at radius 3 is 2.79 bits per heavy atom. The molecule has 1 aliphatic rings. The Balaban J connectivity index is 1.39. The van der Waals surface area contributed by atoms with Crippen molar-refractivity contribution in [3.05, 3.63) is 72.6 Å². The van der Waals surface area contributed by atoms with Crippen LogP contribution in [0, 0.1) is 11.3 Å². The Labute approximate surface area is 194 Å². The SMILES string of the molecule is C[C@@H]1CN(c2ccc(Nc3ncc4ccn(S(=O)c5ccccc5C#N)c4n3)cc2)CCN1. The molecule has 0 bridgehead atoms. The van der Waals surface area contributed by atoms with Gasteiger partial charge in [-0.2, -0.15) is 10.2 Å². The third-order valence-electron chi connectivity index (χ3n) is 5.63. The number of rotatable bonds is 5. The lowest BCUT2D eigenvalue weighted by atomic mass is 10.2. The zero-order chi connectivity index (χ0) is 22.8. The summed E-state index contributed by atoms with van der Waals surface area (Å²) in [4.78, 5) is 11.8. The molecular formula is C24H23N7OS. The van der Waals surface area contributed by atoms with Crippen molar-refractivity contribution in [1.82, 2.24) is 19.3 Å². The van der Waals surface area contributed by atoms with Gasteiger partial charge in [0.25, 0.3) is 0 Å². The highest BCUT2D eigenvalue weighted by Crippen LogP contribution is 2.24. The Hall–Kier alpha value is -3.74. The van der Waals surface area contributed by atoms with E-state index in [2.05, 4.69) is 50.6 Å². The Morgan fingerprint density at radius 2 is 2.00 bits per heavy atom. The average Bonchev–Trinajstić information content (AvgIpc) is 3.27. The van der Waals surface area contributed by atoms with Gasteiger partial charge in [-0.3, -0.25) is 0 Å². The quantitative estimate of drug-likeness (QED) is 0.474. The first-order valence-electron chi connectivity index (χ1n) is 10.7. The van der Waals surface area contributed by atoms with Crippen molar-refractivity contribution in [1.29, 1.82) is 5.26 Å². The van der Waals surface area contributed by atoms with Crippen molar-refractivity contribution in [3.63, 3.8) is 0 Å². The van der Waals surface area contributed by atoms with Crippen molar-refractivity contribution >= 4 is 39.3 Å². The third-order valence-corrected chi connectivity index (χ3v) is 7.01. The molecule has 5 rings (SSSR count). The first-order valence-corrected chi connectivity index (χ1v) is 11.8. The lowest BCUT2D eigenvalue weighted by molar-refractivity contribution is 0.485. The lowest BCUT2D eigenvalue weighted by Gasteiger charge is -2.33. The second kappa shape index (κ2) is 9.02. The molecule has 0 amide bonds. The van der Waals surface area contributed by atoms with E-state index in [1.807, 2.05) is 18.2 Å². The molecule has 0 radical (unpaired) electrons. The summed E-state index contributed by atoms with van der Waals surface area (Å²) < 4.78 is 14.8. The summed E-state index contributed by atoms with van der Waals surface area (Å²) >= 11 is 0. The van der Waals surface area contributed by atoms with Gasteiger partial charge in [0, 0.05) is 54.8 Å². The number of nitrogens with one attached hydrogen (secondary N) is 2. The molecule has 33 heavy (non-hydrogen) atoms. The summed E-state index contributed by atoms with van der Waals surface area (Å²) in [7, 11) is -1.60. The third kappa shape index (κ3) is 4.31. The van der Waals surface area contributed by atoms with Gasteiger partial charge >= 0.3 is 0 Å². The first-order chi connectivity index (χ1) is 16.1. The standard InChI is InChI=1S/C24H23N7OS/c1-17-16-30(13-11-26-17)21-8-6-20(7-9-21)28-24-27-15-19-10-12-31(23(19)29-24)33(32)22-5-3-2-4-18(22)14-25/h2-10,12,15,17,26H,11,13,16H2,1H3,(H,27,28,29)/t17-,33?/m1/s1. The highest BCUT2D eigenvalue weighted by Gasteiger charge is 2.17. The van der Waals surface area contributed by atoms with Crippen molar-refractivity contribution < 1.29 is 4.21 Å². The minimum absolute atomic E-state index is 0.379. The van der Waals surface area contributed by atoms with Gasteiger partial charge in [-0.05, 0) is 49.4 Å². The molecule has 0 spiro atoms. The average molecular weight is 458 g/mol. The number of piperazine rings is 1. The number of aromatic nitrogens is 3. The first kappa shape index (κ1) is 21.1. The molecule has 166 valence electrons. The molecule has 3 heterocycles. The summed E-state index contributed by atoms with van der Waals surface area (Å²) in [5, 5.41) is 16.8. The van der Waals surface area contributed by atoms with Crippen LogP contribution in [0.15, 0.2) is 71.9 Å². The number of anilines is 3. The van der Waals surface area contributed by atoms with E-state index in [1.165, 1.54) is 5.69 Å². The summed E-state index contributed by atoms with van der Waals surface area (Å²) in [6, 6.07) is 19.5. The Bertz CT molecular complexity index is 1360. The predicted octanol–water partition coefficient (Wildman–Crippen LogP) is 3.42. The summed E-state index contributed by atoms with van der Waals surface area (Å²) in [5.74, 6) is 0.413. The van der Waals surface area contributed by atoms with Crippen LogP contribution in [-0.2, 0) is 11.0 Å². The van der Waals surface area contributed by atoms with E-state index in [0.29, 0.717) is 28.1 Å². The molecule has 1 saturated heterocycles. The number of nitriles is 1. The maximum atomic E-state index is 13.2. The van der Waals surface area contributed by atoms with E-state index < -0.39 is 11.0 Å². The number of nitrogens with zero attached hydrogens (tertiary/aromatic N) is 5. The number of fused-ring (bicyclic) bond motifs is 1. The maximum absolute atomic E-state index is 13.2. The molecule has 1 unspecified atom stereocenters. The fourth-order valence-electron chi connectivity index (χ4n) is 3.96. The van der Waals surface area contributed by atoms with Gasteiger partial charge in [0.05, 0.1) is 10.5 Å². The molecule has 2 aromatic heterocycles. The number of hydrogen-bond donors (Lipinski definition) is 2.